The molecule has 0 aromatic carbocycles. The minimum Gasteiger partial charge on any atom is -0.340 e. The van der Waals surface area contributed by atoms with E-state index in [1.165, 1.54) is 0 Å². The molecule has 4 heteroatoms. The molecule has 0 aliphatic carbocycles. The molecule has 4 nitrogen and oxygen atoms in total. The molecule has 1 amide bonds. The highest BCUT2D eigenvalue weighted by atomic mass is 16.2. The van der Waals surface area contributed by atoms with Gasteiger partial charge in [-0.25, -0.2) is 0 Å². The van der Waals surface area contributed by atoms with Crippen LogP contribution >= 0.6 is 0 Å². The highest BCUT2D eigenvalue weighted by Crippen LogP contribution is 2.04. The lowest BCUT2D eigenvalue weighted by Gasteiger charge is -2.27. The van der Waals surface area contributed by atoms with Gasteiger partial charge in [-0.15, -0.1) is 0 Å². The Morgan fingerprint density at radius 1 is 1.53 bits per heavy atom. The van der Waals surface area contributed by atoms with Crippen molar-refractivity contribution in [2.24, 2.45) is 5.92 Å². The molecule has 0 radical (unpaired) electrons. The molecule has 0 saturated carbocycles. The van der Waals surface area contributed by atoms with Crippen LogP contribution < -0.4 is 5.32 Å². The van der Waals surface area contributed by atoms with Gasteiger partial charge >= 0.3 is 0 Å². The Hall–Kier alpha value is -0.900. The van der Waals surface area contributed by atoms with E-state index in [2.05, 4.69) is 5.32 Å². The van der Waals surface area contributed by atoms with Crippen molar-refractivity contribution in [1.29, 1.82) is 0 Å². The van der Waals surface area contributed by atoms with Crippen LogP contribution in [-0.4, -0.2) is 42.8 Å². The van der Waals surface area contributed by atoms with Crippen molar-refractivity contribution in [2.75, 3.05) is 26.2 Å². The minimum absolute atomic E-state index is 0.115. The number of Topliss-reactive ketones (excluding diaryl/α,β-unsaturated/α-hetero) is 1. The fourth-order valence-electron chi connectivity index (χ4n) is 1.62. The highest BCUT2D eigenvalue weighted by molar-refractivity contribution is 5.80. The molecule has 1 heterocycles. The van der Waals surface area contributed by atoms with E-state index in [1.54, 1.807) is 0 Å². The lowest BCUT2D eigenvalue weighted by Crippen LogP contribution is -2.48. The molecular formula is C11H20N2O2. The first-order valence-electron chi connectivity index (χ1n) is 5.62. The van der Waals surface area contributed by atoms with Crippen molar-refractivity contribution in [2.45, 2.75) is 26.7 Å². The van der Waals surface area contributed by atoms with E-state index in [4.69, 9.17) is 0 Å². The summed E-state index contributed by atoms with van der Waals surface area (Å²) in [7, 11) is 0. The summed E-state index contributed by atoms with van der Waals surface area (Å²) in [4.78, 5) is 24.6. The summed E-state index contributed by atoms with van der Waals surface area (Å²) < 4.78 is 0. The molecule has 1 rings (SSSR count). The van der Waals surface area contributed by atoms with Crippen LogP contribution in [0.5, 0.6) is 0 Å². The van der Waals surface area contributed by atoms with Gasteiger partial charge in [0.25, 0.3) is 0 Å². The van der Waals surface area contributed by atoms with Gasteiger partial charge in [0.15, 0.2) is 0 Å². The number of ketones is 1. The van der Waals surface area contributed by atoms with Crippen LogP contribution in [0.2, 0.25) is 0 Å². The first kappa shape index (κ1) is 12.2. The van der Waals surface area contributed by atoms with E-state index in [-0.39, 0.29) is 17.6 Å². The second kappa shape index (κ2) is 5.85. The van der Waals surface area contributed by atoms with E-state index in [9.17, 15) is 9.59 Å². The molecule has 1 aliphatic heterocycles. The lowest BCUT2D eigenvalue weighted by atomic mass is 10.0. The van der Waals surface area contributed by atoms with Crippen LogP contribution in [0.4, 0.5) is 0 Å². The number of carbonyl (C=O) groups is 2. The Labute approximate surface area is 91.0 Å². The number of piperazine rings is 1. The van der Waals surface area contributed by atoms with E-state index in [1.807, 2.05) is 18.7 Å². The number of hydrogen-bond acceptors (Lipinski definition) is 3. The van der Waals surface area contributed by atoms with Crippen LogP contribution in [0.25, 0.3) is 0 Å². The van der Waals surface area contributed by atoms with Gasteiger partial charge in [0.2, 0.25) is 5.91 Å². The van der Waals surface area contributed by atoms with Crippen molar-refractivity contribution >= 4 is 11.7 Å². The zero-order chi connectivity index (χ0) is 11.3. The quantitative estimate of drug-likeness (QED) is 0.718. The number of amides is 1. The lowest BCUT2D eigenvalue weighted by molar-refractivity contribution is -0.132. The van der Waals surface area contributed by atoms with Crippen molar-refractivity contribution in [3.63, 3.8) is 0 Å². The molecule has 0 aromatic rings. The molecule has 86 valence electrons. The number of hydrogen-bond donors (Lipinski definition) is 1. The summed E-state index contributed by atoms with van der Waals surface area (Å²) in [5.74, 6) is 0.555. The first-order valence-corrected chi connectivity index (χ1v) is 5.62. The SMILES string of the molecule is CC(C)C(=O)CCCN1CCNCC1=O. The molecular weight excluding hydrogens is 192 g/mol. The number of carbonyl (C=O) groups excluding carboxylic acids is 2. The van der Waals surface area contributed by atoms with E-state index in [0.29, 0.717) is 13.0 Å². The van der Waals surface area contributed by atoms with Crippen LogP contribution in [0.3, 0.4) is 0 Å². The first-order chi connectivity index (χ1) is 7.11. The van der Waals surface area contributed by atoms with E-state index in [0.717, 1.165) is 26.1 Å². The third-order valence-corrected chi connectivity index (χ3v) is 2.68. The van der Waals surface area contributed by atoms with Crippen LogP contribution in [0.15, 0.2) is 0 Å². The summed E-state index contributed by atoms with van der Waals surface area (Å²) in [6.45, 7) is 6.63. The summed E-state index contributed by atoms with van der Waals surface area (Å²) >= 11 is 0. The zero-order valence-corrected chi connectivity index (χ0v) is 9.58. The maximum Gasteiger partial charge on any atom is 0.236 e. The average Bonchev–Trinajstić information content (AvgIpc) is 2.20. The molecule has 15 heavy (non-hydrogen) atoms. The van der Waals surface area contributed by atoms with Crippen LogP contribution in [0, 0.1) is 5.92 Å². The smallest absolute Gasteiger partial charge is 0.236 e. The number of rotatable bonds is 5. The largest absolute Gasteiger partial charge is 0.340 e. The van der Waals surface area contributed by atoms with Gasteiger partial charge in [-0.1, -0.05) is 13.8 Å². The van der Waals surface area contributed by atoms with E-state index < -0.39 is 0 Å². The van der Waals surface area contributed by atoms with Crippen LogP contribution in [0.1, 0.15) is 26.7 Å². The highest BCUT2D eigenvalue weighted by Gasteiger charge is 2.17. The second-order valence-electron chi connectivity index (χ2n) is 4.28. The summed E-state index contributed by atoms with van der Waals surface area (Å²) in [5.41, 5.74) is 0. The molecule has 0 unspecified atom stereocenters. The van der Waals surface area contributed by atoms with Gasteiger partial charge < -0.3 is 10.2 Å². The third-order valence-electron chi connectivity index (χ3n) is 2.68. The predicted molar refractivity (Wildman–Crippen MR) is 58.5 cm³/mol. The number of nitrogens with zero attached hydrogens (tertiary/aromatic N) is 1. The van der Waals surface area contributed by atoms with Crippen molar-refractivity contribution in [3.05, 3.63) is 0 Å². The Kier molecular flexibility index (Phi) is 4.75. The van der Waals surface area contributed by atoms with Gasteiger partial charge in [-0.2, -0.15) is 0 Å². The minimum atomic E-state index is 0.115. The normalized spacial score (nSPS) is 17.3. The molecule has 1 N–H and O–H groups in total. The predicted octanol–water partition coefficient (Wildman–Crippen LogP) is 0.424. The molecule has 0 atom stereocenters. The summed E-state index contributed by atoms with van der Waals surface area (Å²) in [6.07, 6.45) is 1.39. The Morgan fingerprint density at radius 3 is 2.87 bits per heavy atom. The van der Waals surface area contributed by atoms with Crippen molar-refractivity contribution < 1.29 is 9.59 Å². The van der Waals surface area contributed by atoms with Gasteiger partial charge in [0.05, 0.1) is 6.54 Å². The fraction of sp³-hybridized carbons (Fsp3) is 0.818. The van der Waals surface area contributed by atoms with Gasteiger partial charge in [-0.05, 0) is 6.42 Å². The van der Waals surface area contributed by atoms with E-state index >= 15 is 0 Å². The topological polar surface area (TPSA) is 49.4 Å². The Bertz CT molecular complexity index is 239. The molecule has 0 bridgehead atoms. The average molecular weight is 212 g/mol. The molecule has 1 saturated heterocycles. The zero-order valence-electron chi connectivity index (χ0n) is 9.58. The molecule has 0 aromatic heterocycles. The van der Waals surface area contributed by atoms with Gasteiger partial charge in [-0.3, -0.25) is 9.59 Å². The second-order valence-corrected chi connectivity index (χ2v) is 4.28. The van der Waals surface area contributed by atoms with Gasteiger partial charge in [0, 0.05) is 32.0 Å². The van der Waals surface area contributed by atoms with Gasteiger partial charge in [0.1, 0.15) is 5.78 Å². The maximum absolute atomic E-state index is 11.4. The molecule has 0 spiro atoms. The summed E-state index contributed by atoms with van der Waals surface area (Å²) in [6, 6.07) is 0. The maximum atomic E-state index is 11.4. The Balaban J connectivity index is 2.19. The van der Waals surface area contributed by atoms with Crippen molar-refractivity contribution in [1.82, 2.24) is 10.2 Å². The van der Waals surface area contributed by atoms with Crippen molar-refractivity contribution in [3.8, 4) is 0 Å². The molecule has 1 aliphatic rings. The number of nitrogens with one attached hydrogen (secondary N) is 1. The van der Waals surface area contributed by atoms with Crippen LogP contribution in [-0.2, 0) is 9.59 Å². The monoisotopic (exact) mass is 212 g/mol. The summed E-state index contributed by atoms with van der Waals surface area (Å²) in [5, 5.41) is 3.02. The standard InChI is InChI=1S/C11H20N2O2/c1-9(2)10(14)4-3-6-13-7-5-12-8-11(13)15/h9,12H,3-8H2,1-2H3. The molecule has 1 fully saturated rings. The third kappa shape index (κ3) is 4.00. The Morgan fingerprint density at radius 2 is 2.27 bits per heavy atom. The fourth-order valence-corrected chi connectivity index (χ4v) is 1.62.